The second kappa shape index (κ2) is 4.30. The van der Waals surface area contributed by atoms with Crippen molar-refractivity contribution in [2.75, 3.05) is 0 Å². The van der Waals surface area contributed by atoms with Crippen molar-refractivity contribution in [3.05, 3.63) is 83.4 Å². The number of rotatable bonds is 1. The molecular formula is C19H16O2. The third-order valence-electron chi connectivity index (χ3n) is 4.90. The van der Waals surface area contributed by atoms with E-state index in [1.165, 1.54) is 11.1 Å². The fourth-order valence-corrected chi connectivity index (χ4v) is 3.96. The van der Waals surface area contributed by atoms with Crippen LogP contribution in [-0.4, -0.2) is 12.2 Å². The fraction of sp³-hybridized carbons (Fsp3) is 0.263. The number of ether oxygens (including phenoxy) is 2. The molecule has 1 heterocycles. The molecule has 1 fully saturated rings. The van der Waals surface area contributed by atoms with E-state index in [0.717, 1.165) is 5.56 Å². The Hall–Kier alpha value is -1.90. The van der Waals surface area contributed by atoms with Crippen molar-refractivity contribution >= 4 is 0 Å². The number of hydrogen-bond acceptors (Lipinski definition) is 2. The molecule has 0 amide bonds. The lowest BCUT2D eigenvalue weighted by Gasteiger charge is -2.40. The summed E-state index contributed by atoms with van der Waals surface area (Å²) in [6.45, 7) is 0. The van der Waals surface area contributed by atoms with E-state index < -0.39 is 0 Å². The van der Waals surface area contributed by atoms with Gasteiger partial charge in [-0.2, -0.15) is 0 Å². The summed E-state index contributed by atoms with van der Waals surface area (Å²) in [6, 6.07) is 18.9. The molecule has 2 bridgehead atoms. The molecule has 1 unspecified atom stereocenters. The van der Waals surface area contributed by atoms with Gasteiger partial charge in [0.15, 0.2) is 6.29 Å². The molecule has 1 saturated heterocycles. The van der Waals surface area contributed by atoms with E-state index in [1.54, 1.807) is 0 Å². The Morgan fingerprint density at radius 1 is 0.619 bits per heavy atom. The van der Waals surface area contributed by atoms with Crippen LogP contribution in [0.15, 0.2) is 66.7 Å². The molecule has 0 spiro atoms. The Morgan fingerprint density at radius 2 is 1.14 bits per heavy atom. The molecule has 4 aliphatic rings. The van der Waals surface area contributed by atoms with Crippen LogP contribution in [0, 0.1) is 0 Å². The first-order valence-corrected chi connectivity index (χ1v) is 7.55. The van der Waals surface area contributed by atoms with Crippen LogP contribution in [0.4, 0.5) is 0 Å². The van der Waals surface area contributed by atoms with Gasteiger partial charge in [-0.3, -0.25) is 0 Å². The monoisotopic (exact) mass is 276 g/mol. The summed E-state index contributed by atoms with van der Waals surface area (Å²) in [5, 5.41) is 0. The van der Waals surface area contributed by atoms with Gasteiger partial charge >= 0.3 is 0 Å². The quantitative estimate of drug-likeness (QED) is 0.735. The summed E-state index contributed by atoms with van der Waals surface area (Å²) in [6.07, 6.45) is 4.64. The lowest BCUT2D eigenvalue weighted by atomic mass is 9.68. The average molecular weight is 276 g/mol. The van der Waals surface area contributed by atoms with E-state index in [9.17, 15) is 0 Å². The first kappa shape index (κ1) is 11.7. The summed E-state index contributed by atoms with van der Waals surface area (Å²) < 4.78 is 12.5. The van der Waals surface area contributed by atoms with Gasteiger partial charge in [-0.25, -0.2) is 0 Å². The molecule has 104 valence electrons. The van der Waals surface area contributed by atoms with Crippen molar-refractivity contribution in [2.24, 2.45) is 0 Å². The van der Waals surface area contributed by atoms with Crippen molar-refractivity contribution in [1.82, 2.24) is 0 Å². The van der Waals surface area contributed by atoms with Crippen molar-refractivity contribution in [3.8, 4) is 0 Å². The highest BCUT2D eigenvalue weighted by atomic mass is 16.7. The number of hydrogen-bond donors (Lipinski definition) is 0. The molecule has 0 saturated carbocycles. The molecule has 2 aromatic rings. The average Bonchev–Trinajstić information content (AvgIpc) is 3.03. The van der Waals surface area contributed by atoms with E-state index in [2.05, 4.69) is 48.6 Å². The Labute approximate surface area is 124 Å². The van der Waals surface area contributed by atoms with Crippen LogP contribution in [0.1, 0.15) is 34.8 Å². The minimum Gasteiger partial charge on any atom is -0.341 e. The predicted molar refractivity (Wildman–Crippen MR) is 80.0 cm³/mol. The van der Waals surface area contributed by atoms with Gasteiger partial charge in [0.2, 0.25) is 0 Å². The summed E-state index contributed by atoms with van der Waals surface area (Å²) in [5.74, 6) is 0.648. The van der Waals surface area contributed by atoms with E-state index in [-0.39, 0.29) is 18.5 Å². The highest BCUT2D eigenvalue weighted by Crippen LogP contribution is 2.52. The number of benzene rings is 2. The Morgan fingerprint density at radius 3 is 1.71 bits per heavy atom. The first-order valence-electron chi connectivity index (χ1n) is 7.55. The van der Waals surface area contributed by atoms with Gasteiger partial charge in [-0.05, 0) is 11.1 Å². The van der Waals surface area contributed by atoms with Gasteiger partial charge in [0.25, 0.3) is 0 Å². The minimum absolute atomic E-state index is 0.139. The van der Waals surface area contributed by atoms with Crippen LogP contribution in [0.5, 0.6) is 0 Å². The molecule has 0 N–H and O–H groups in total. The molecule has 0 radical (unpaired) electrons. The molecule has 3 aliphatic carbocycles. The summed E-state index contributed by atoms with van der Waals surface area (Å²) in [7, 11) is 0. The van der Waals surface area contributed by atoms with Crippen molar-refractivity contribution in [3.63, 3.8) is 0 Å². The topological polar surface area (TPSA) is 18.5 Å². The van der Waals surface area contributed by atoms with Crippen LogP contribution in [-0.2, 0) is 9.47 Å². The molecule has 0 aromatic heterocycles. The Kier molecular flexibility index (Phi) is 2.40. The lowest BCUT2D eigenvalue weighted by Crippen LogP contribution is -2.41. The minimum atomic E-state index is -0.236. The highest BCUT2D eigenvalue weighted by molar-refractivity contribution is 5.47. The fourth-order valence-electron chi connectivity index (χ4n) is 3.96. The lowest BCUT2D eigenvalue weighted by molar-refractivity contribution is -0.0693. The summed E-state index contributed by atoms with van der Waals surface area (Å²) in [5.41, 5.74) is 3.92. The van der Waals surface area contributed by atoms with Gasteiger partial charge in [-0.1, -0.05) is 66.7 Å². The second-order valence-corrected chi connectivity index (χ2v) is 6.01. The molecular weight excluding hydrogens is 260 g/mol. The third-order valence-corrected chi connectivity index (χ3v) is 4.90. The third kappa shape index (κ3) is 1.60. The van der Waals surface area contributed by atoms with E-state index in [4.69, 9.17) is 9.47 Å². The highest BCUT2D eigenvalue weighted by Gasteiger charge is 2.51. The molecule has 2 aromatic carbocycles. The van der Waals surface area contributed by atoms with Crippen molar-refractivity contribution in [2.45, 2.75) is 30.3 Å². The van der Waals surface area contributed by atoms with E-state index >= 15 is 0 Å². The molecule has 1 aliphatic heterocycles. The SMILES string of the molecule is C1=C[C@H]2c3ccccc3[C@@H]1[C@H]1OC(c3ccccc3)O[C@H]12. The summed E-state index contributed by atoms with van der Waals surface area (Å²) in [4.78, 5) is 0. The van der Waals surface area contributed by atoms with Gasteiger partial charge in [0, 0.05) is 17.4 Å². The zero-order chi connectivity index (χ0) is 13.8. The Balaban J connectivity index is 1.54. The van der Waals surface area contributed by atoms with E-state index in [0.29, 0.717) is 11.8 Å². The van der Waals surface area contributed by atoms with Crippen LogP contribution in [0.25, 0.3) is 0 Å². The second-order valence-electron chi connectivity index (χ2n) is 6.01. The standard InChI is InChI=1S/C19H16O2/c1-2-6-12(7-3-1)19-20-17-15-10-11-16(18(17)21-19)14-9-5-4-8-13(14)15/h1-11,15-19H/t15-,16+,17-,18+,19?. The van der Waals surface area contributed by atoms with Gasteiger partial charge in [-0.15, -0.1) is 0 Å². The molecule has 21 heavy (non-hydrogen) atoms. The predicted octanol–water partition coefficient (Wildman–Crippen LogP) is 3.92. The van der Waals surface area contributed by atoms with Gasteiger partial charge < -0.3 is 9.47 Å². The maximum Gasteiger partial charge on any atom is 0.184 e. The largest absolute Gasteiger partial charge is 0.341 e. The molecule has 6 rings (SSSR count). The Bertz CT molecular complexity index is 666. The smallest absolute Gasteiger partial charge is 0.184 e. The summed E-state index contributed by atoms with van der Waals surface area (Å²) >= 11 is 0. The maximum absolute atomic E-state index is 6.27. The first-order chi connectivity index (χ1) is 10.4. The molecule has 2 nitrogen and oxygen atoms in total. The zero-order valence-corrected chi connectivity index (χ0v) is 11.6. The zero-order valence-electron chi connectivity index (χ0n) is 11.6. The van der Waals surface area contributed by atoms with Crippen LogP contribution in [0.3, 0.4) is 0 Å². The van der Waals surface area contributed by atoms with Crippen LogP contribution in [0.2, 0.25) is 0 Å². The normalized spacial score (nSPS) is 35.5. The van der Waals surface area contributed by atoms with E-state index in [1.807, 2.05) is 18.2 Å². The molecule has 5 atom stereocenters. The van der Waals surface area contributed by atoms with Crippen LogP contribution >= 0.6 is 0 Å². The molecule has 2 heteroatoms. The van der Waals surface area contributed by atoms with Crippen molar-refractivity contribution in [1.29, 1.82) is 0 Å². The van der Waals surface area contributed by atoms with Gasteiger partial charge in [0.05, 0.1) is 12.2 Å². The van der Waals surface area contributed by atoms with Crippen LogP contribution < -0.4 is 0 Å². The van der Waals surface area contributed by atoms with Gasteiger partial charge in [0.1, 0.15) is 0 Å². The van der Waals surface area contributed by atoms with Crippen molar-refractivity contribution < 1.29 is 9.47 Å². The maximum atomic E-state index is 6.27.